The van der Waals surface area contributed by atoms with E-state index in [4.69, 9.17) is 0 Å². The van der Waals surface area contributed by atoms with Crippen LogP contribution in [0.3, 0.4) is 0 Å². The first-order valence-electron chi connectivity index (χ1n) is 5.87. The first-order valence-corrected chi connectivity index (χ1v) is 5.87. The van der Waals surface area contributed by atoms with Crippen LogP contribution in [0.1, 0.15) is 18.0 Å². The highest BCUT2D eigenvalue weighted by atomic mass is 15.1. The van der Waals surface area contributed by atoms with Crippen molar-refractivity contribution in [3.8, 4) is 0 Å². The van der Waals surface area contributed by atoms with Gasteiger partial charge in [-0.2, -0.15) is 0 Å². The van der Waals surface area contributed by atoms with Gasteiger partial charge in [-0.1, -0.05) is 37.3 Å². The van der Waals surface area contributed by atoms with E-state index in [0.29, 0.717) is 0 Å². The molecule has 0 spiro atoms. The van der Waals surface area contributed by atoms with Crippen LogP contribution in [0, 0.1) is 6.92 Å². The number of hydrogen-bond donors (Lipinski definition) is 0. The fourth-order valence-electron chi connectivity index (χ4n) is 2.15. The van der Waals surface area contributed by atoms with Crippen LogP contribution in [-0.2, 0) is 0 Å². The molecule has 0 bridgehead atoms. The maximum Gasteiger partial charge on any atom is 0.163 e. The highest BCUT2D eigenvalue weighted by Gasteiger charge is 2.14. The molecule has 0 N–H and O–H groups in total. The van der Waals surface area contributed by atoms with E-state index in [1.807, 2.05) is 24.5 Å². The van der Waals surface area contributed by atoms with E-state index >= 15 is 0 Å². The van der Waals surface area contributed by atoms with Gasteiger partial charge in [-0.25, -0.2) is 15.0 Å². The molecule has 0 saturated carbocycles. The smallest absolute Gasteiger partial charge is 0.163 e. The van der Waals surface area contributed by atoms with Crippen LogP contribution in [0.15, 0.2) is 49.2 Å². The Labute approximate surface area is 105 Å². The molecule has 0 aliphatic rings. The van der Waals surface area contributed by atoms with Crippen LogP contribution >= 0.6 is 0 Å². The van der Waals surface area contributed by atoms with Crippen LogP contribution in [0.25, 0.3) is 11.2 Å². The molecule has 3 aromatic rings. The first kappa shape index (κ1) is 10.9. The minimum atomic E-state index is 0.158. The van der Waals surface area contributed by atoms with E-state index in [1.54, 1.807) is 12.5 Å². The summed E-state index contributed by atoms with van der Waals surface area (Å²) >= 11 is 0. The first-order chi connectivity index (χ1) is 8.90. The van der Waals surface area contributed by atoms with Crippen molar-refractivity contribution >= 4 is 11.2 Å². The summed E-state index contributed by atoms with van der Waals surface area (Å²) < 4.78 is 2.05. The summed E-state index contributed by atoms with van der Waals surface area (Å²) in [5.41, 5.74) is 2.87. The Morgan fingerprint density at radius 3 is 2.78 bits per heavy atom. The molecular weight excluding hydrogens is 224 g/mol. The molecule has 0 saturated heterocycles. The number of rotatable bonds is 3. The molecule has 3 rings (SSSR count). The monoisotopic (exact) mass is 237 g/mol. The Morgan fingerprint density at radius 2 is 2.00 bits per heavy atom. The predicted octanol–water partition coefficient (Wildman–Crippen LogP) is 2.64. The van der Waals surface area contributed by atoms with Crippen molar-refractivity contribution in [2.24, 2.45) is 0 Å². The highest BCUT2D eigenvalue weighted by molar-refractivity contribution is 5.69. The number of imidazole rings is 1. The predicted molar refractivity (Wildman–Crippen MR) is 69.9 cm³/mol. The van der Waals surface area contributed by atoms with E-state index in [1.165, 1.54) is 5.56 Å². The minimum absolute atomic E-state index is 0.158. The zero-order valence-electron chi connectivity index (χ0n) is 9.90. The summed E-state index contributed by atoms with van der Waals surface area (Å²) in [7, 11) is 0. The maximum absolute atomic E-state index is 4.32. The van der Waals surface area contributed by atoms with Gasteiger partial charge in [0.05, 0.1) is 18.6 Å². The summed E-state index contributed by atoms with van der Waals surface area (Å²) in [6.45, 7) is 4.03. The van der Waals surface area contributed by atoms with E-state index in [2.05, 4.69) is 38.6 Å². The van der Waals surface area contributed by atoms with Crippen molar-refractivity contribution in [2.45, 2.75) is 12.5 Å². The molecule has 1 aromatic carbocycles. The van der Waals surface area contributed by atoms with Crippen molar-refractivity contribution < 1.29 is 0 Å². The van der Waals surface area contributed by atoms with E-state index in [0.717, 1.165) is 17.6 Å². The van der Waals surface area contributed by atoms with Gasteiger partial charge >= 0.3 is 0 Å². The standard InChI is InChI=1S/C14H13N4/c1-2-13(11-6-4-3-5-7-11)18-10-17-12-8-15-9-16-14(12)18/h3-10,13H,1-2H2. The fraction of sp³-hybridized carbons (Fsp3) is 0.143. The molecule has 18 heavy (non-hydrogen) atoms. The second kappa shape index (κ2) is 4.56. The van der Waals surface area contributed by atoms with Crippen molar-refractivity contribution in [1.29, 1.82) is 0 Å². The third-order valence-corrected chi connectivity index (χ3v) is 3.03. The molecule has 4 nitrogen and oxygen atoms in total. The van der Waals surface area contributed by atoms with Crippen LogP contribution in [0.5, 0.6) is 0 Å². The molecule has 0 aliphatic carbocycles. The lowest BCUT2D eigenvalue weighted by Gasteiger charge is -2.17. The van der Waals surface area contributed by atoms with Crippen molar-refractivity contribution in [2.75, 3.05) is 0 Å². The molecule has 1 radical (unpaired) electrons. The lowest BCUT2D eigenvalue weighted by molar-refractivity contribution is 0.602. The summed E-state index contributed by atoms with van der Waals surface area (Å²) in [4.78, 5) is 12.6. The maximum atomic E-state index is 4.32. The van der Waals surface area contributed by atoms with E-state index in [-0.39, 0.29) is 6.04 Å². The van der Waals surface area contributed by atoms with Gasteiger partial charge in [0.1, 0.15) is 11.8 Å². The van der Waals surface area contributed by atoms with Gasteiger partial charge in [-0.15, -0.1) is 0 Å². The Kier molecular flexibility index (Phi) is 2.76. The zero-order valence-corrected chi connectivity index (χ0v) is 9.90. The lowest BCUT2D eigenvalue weighted by Crippen LogP contribution is -2.09. The molecule has 89 valence electrons. The zero-order chi connectivity index (χ0) is 12.4. The van der Waals surface area contributed by atoms with Crippen LogP contribution < -0.4 is 0 Å². The van der Waals surface area contributed by atoms with Crippen LogP contribution in [0.4, 0.5) is 0 Å². The molecule has 2 heterocycles. The average molecular weight is 237 g/mol. The Morgan fingerprint density at radius 1 is 1.17 bits per heavy atom. The molecule has 2 aromatic heterocycles. The molecule has 0 fully saturated rings. The van der Waals surface area contributed by atoms with Gasteiger partial charge in [-0.05, 0) is 12.0 Å². The van der Waals surface area contributed by atoms with Crippen LogP contribution in [0.2, 0.25) is 0 Å². The van der Waals surface area contributed by atoms with E-state index in [9.17, 15) is 0 Å². The SMILES string of the molecule is [CH2]CC(c1ccccc1)n1cnc2cncnc21. The summed E-state index contributed by atoms with van der Waals surface area (Å²) in [5.74, 6) is 0. The number of aromatic nitrogens is 4. The van der Waals surface area contributed by atoms with Gasteiger partial charge in [0.2, 0.25) is 0 Å². The number of hydrogen-bond acceptors (Lipinski definition) is 3. The molecular formula is C14H13N4. The Balaban J connectivity index is 2.12. The van der Waals surface area contributed by atoms with Gasteiger partial charge < -0.3 is 4.57 Å². The topological polar surface area (TPSA) is 43.6 Å². The lowest BCUT2D eigenvalue weighted by atomic mass is 10.0. The number of nitrogens with zero attached hydrogens (tertiary/aromatic N) is 4. The number of benzene rings is 1. The summed E-state index contributed by atoms with van der Waals surface area (Å²) in [6.07, 6.45) is 5.83. The van der Waals surface area contributed by atoms with Crippen molar-refractivity contribution in [3.63, 3.8) is 0 Å². The second-order valence-corrected chi connectivity index (χ2v) is 4.10. The largest absolute Gasteiger partial charge is 0.308 e. The third-order valence-electron chi connectivity index (χ3n) is 3.03. The Hall–Kier alpha value is -2.23. The van der Waals surface area contributed by atoms with Crippen molar-refractivity contribution in [1.82, 2.24) is 19.5 Å². The minimum Gasteiger partial charge on any atom is -0.308 e. The molecule has 1 atom stereocenters. The Bertz CT molecular complexity index is 645. The average Bonchev–Trinajstić information content (AvgIpc) is 2.85. The number of fused-ring (bicyclic) bond motifs is 1. The fourth-order valence-corrected chi connectivity index (χ4v) is 2.15. The normalized spacial score (nSPS) is 12.7. The van der Waals surface area contributed by atoms with Crippen LogP contribution in [-0.4, -0.2) is 19.5 Å². The third kappa shape index (κ3) is 1.76. The summed E-state index contributed by atoms with van der Waals surface area (Å²) in [6, 6.07) is 10.4. The molecule has 0 amide bonds. The summed E-state index contributed by atoms with van der Waals surface area (Å²) in [5, 5.41) is 0. The molecule has 1 unspecified atom stereocenters. The molecule has 4 heteroatoms. The van der Waals surface area contributed by atoms with E-state index < -0.39 is 0 Å². The quantitative estimate of drug-likeness (QED) is 0.703. The van der Waals surface area contributed by atoms with Gasteiger partial charge in [0.25, 0.3) is 0 Å². The van der Waals surface area contributed by atoms with Gasteiger partial charge in [-0.3, -0.25) is 0 Å². The molecule has 0 aliphatic heterocycles. The van der Waals surface area contributed by atoms with Gasteiger partial charge in [0.15, 0.2) is 5.65 Å². The van der Waals surface area contributed by atoms with Gasteiger partial charge in [0, 0.05) is 0 Å². The second-order valence-electron chi connectivity index (χ2n) is 4.10. The van der Waals surface area contributed by atoms with Crippen molar-refractivity contribution in [3.05, 3.63) is 61.7 Å². The highest BCUT2D eigenvalue weighted by Crippen LogP contribution is 2.24.